The van der Waals surface area contributed by atoms with E-state index in [2.05, 4.69) is 65.2 Å². The van der Waals surface area contributed by atoms with Gasteiger partial charge < -0.3 is 10.2 Å². The van der Waals surface area contributed by atoms with E-state index < -0.39 is 0 Å². The molecule has 1 aliphatic rings. The fourth-order valence-corrected chi connectivity index (χ4v) is 2.83. The number of hydrogen-bond donors (Lipinski definition) is 1. The highest BCUT2D eigenvalue weighted by atomic mass is 79.9. The summed E-state index contributed by atoms with van der Waals surface area (Å²) in [4.78, 5) is 2.46. The Morgan fingerprint density at radius 1 is 1.37 bits per heavy atom. The van der Waals surface area contributed by atoms with Gasteiger partial charge in [0.25, 0.3) is 0 Å². The summed E-state index contributed by atoms with van der Waals surface area (Å²) in [6, 6.07) is 7.37. The van der Waals surface area contributed by atoms with Crippen molar-refractivity contribution in [3.8, 4) is 0 Å². The molecule has 0 radical (unpaired) electrons. The minimum Gasteiger partial charge on any atom is -0.371 e. The van der Waals surface area contributed by atoms with Crippen molar-refractivity contribution < 1.29 is 0 Å². The Morgan fingerprint density at radius 2 is 2.11 bits per heavy atom. The average Bonchev–Trinajstić information content (AvgIpc) is 2.28. The fourth-order valence-electron chi connectivity index (χ4n) is 2.48. The molecular formula is C16H25BrN2. The lowest BCUT2D eigenvalue weighted by Gasteiger charge is -2.37. The van der Waals surface area contributed by atoms with Gasteiger partial charge in [0.05, 0.1) is 0 Å². The maximum atomic E-state index is 3.60. The summed E-state index contributed by atoms with van der Waals surface area (Å²) in [5, 5.41) is 3.55. The van der Waals surface area contributed by atoms with Gasteiger partial charge in [-0.3, -0.25) is 0 Å². The van der Waals surface area contributed by atoms with Crippen LogP contribution < -0.4 is 10.2 Å². The molecule has 0 heterocycles. The number of halogens is 1. The monoisotopic (exact) mass is 324 g/mol. The Labute approximate surface area is 125 Å². The van der Waals surface area contributed by atoms with Crippen LogP contribution in [0.1, 0.15) is 38.7 Å². The van der Waals surface area contributed by atoms with Gasteiger partial charge in [-0.1, -0.05) is 35.8 Å². The van der Waals surface area contributed by atoms with E-state index in [1.54, 1.807) is 0 Å². The third-order valence-corrected chi connectivity index (χ3v) is 4.41. The molecule has 3 heteroatoms. The SMILES string of the molecule is CC(C)CNCc1ccc(Br)cc1N(C)C1CCC1. The van der Waals surface area contributed by atoms with Crippen molar-refractivity contribution in [2.75, 3.05) is 18.5 Å². The van der Waals surface area contributed by atoms with Crippen molar-refractivity contribution in [2.24, 2.45) is 5.92 Å². The van der Waals surface area contributed by atoms with E-state index in [0.29, 0.717) is 5.92 Å². The molecule has 0 unspecified atom stereocenters. The summed E-state index contributed by atoms with van der Waals surface area (Å²) < 4.78 is 1.17. The number of nitrogens with zero attached hydrogens (tertiary/aromatic N) is 1. The van der Waals surface area contributed by atoms with E-state index in [0.717, 1.165) is 19.1 Å². The normalized spacial score (nSPS) is 15.6. The second kappa shape index (κ2) is 6.76. The summed E-state index contributed by atoms with van der Waals surface area (Å²) in [6.07, 6.45) is 4.05. The molecule has 1 fully saturated rings. The average molecular weight is 325 g/mol. The van der Waals surface area contributed by atoms with Crippen molar-refractivity contribution in [2.45, 2.75) is 45.7 Å². The van der Waals surface area contributed by atoms with Crippen molar-refractivity contribution in [1.29, 1.82) is 0 Å². The van der Waals surface area contributed by atoms with Crippen LogP contribution in [0.4, 0.5) is 5.69 Å². The van der Waals surface area contributed by atoms with Gasteiger partial charge in [0.1, 0.15) is 0 Å². The maximum absolute atomic E-state index is 3.60. The van der Waals surface area contributed by atoms with E-state index in [1.807, 2.05) is 0 Å². The molecule has 2 nitrogen and oxygen atoms in total. The lowest BCUT2D eigenvalue weighted by atomic mass is 9.91. The number of nitrogens with one attached hydrogen (secondary N) is 1. The van der Waals surface area contributed by atoms with Crippen LogP contribution in [0.2, 0.25) is 0 Å². The zero-order valence-corrected chi connectivity index (χ0v) is 13.8. The Balaban J connectivity index is 2.08. The summed E-state index contributed by atoms with van der Waals surface area (Å²) in [5.41, 5.74) is 2.77. The molecule has 2 rings (SSSR count). The first-order chi connectivity index (χ1) is 9.08. The van der Waals surface area contributed by atoms with E-state index in [9.17, 15) is 0 Å². The summed E-state index contributed by atoms with van der Waals surface area (Å²) >= 11 is 3.60. The number of anilines is 1. The van der Waals surface area contributed by atoms with E-state index >= 15 is 0 Å². The number of benzene rings is 1. The Kier molecular flexibility index (Phi) is 5.28. The molecule has 0 saturated heterocycles. The molecular weight excluding hydrogens is 300 g/mol. The van der Waals surface area contributed by atoms with Gasteiger partial charge in [-0.05, 0) is 49.4 Å². The first-order valence-electron chi connectivity index (χ1n) is 7.30. The van der Waals surface area contributed by atoms with Crippen LogP contribution in [-0.2, 0) is 6.54 Å². The zero-order valence-electron chi connectivity index (χ0n) is 12.2. The highest BCUT2D eigenvalue weighted by Gasteiger charge is 2.23. The van der Waals surface area contributed by atoms with Crippen LogP contribution in [0.25, 0.3) is 0 Å². The number of hydrogen-bond acceptors (Lipinski definition) is 2. The van der Waals surface area contributed by atoms with Gasteiger partial charge in [-0.25, -0.2) is 0 Å². The molecule has 1 N–H and O–H groups in total. The van der Waals surface area contributed by atoms with Crippen molar-refractivity contribution in [1.82, 2.24) is 5.32 Å². The van der Waals surface area contributed by atoms with Crippen LogP contribution in [0.5, 0.6) is 0 Å². The first-order valence-corrected chi connectivity index (χ1v) is 8.09. The van der Waals surface area contributed by atoms with Gasteiger partial charge in [-0.15, -0.1) is 0 Å². The van der Waals surface area contributed by atoms with Gasteiger partial charge in [-0.2, -0.15) is 0 Å². The molecule has 1 aromatic carbocycles. The van der Waals surface area contributed by atoms with Crippen LogP contribution in [0, 0.1) is 5.92 Å². The molecule has 0 aromatic heterocycles. The third kappa shape index (κ3) is 3.96. The van der Waals surface area contributed by atoms with Crippen LogP contribution in [-0.4, -0.2) is 19.6 Å². The molecule has 0 spiro atoms. The maximum Gasteiger partial charge on any atom is 0.0423 e. The molecule has 0 bridgehead atoms. The van der Waals surface area contributed by atoms with Gasteiger partial charge in [0.2, 0.25) is 0 Å². The molecule has 19 heavy (non-hydrogen) atoms. The van der Waals surface area contributed by atoms with Crippen LogP contribution in [0.3, 0.4) is 0 Å². The van der Waals surface area contributed by atoms with Crippen molar-refractivity contribution in [3.05, 3.63) is 28.2 Å². The number of rotatable bonds is 6. The first kappa shape index (κ1) is 14.9. The van der Waals surface area contributed by atoms with Gasteiger partial charge in [0, 0.05) is 29.8 Å². The standard InChI is InChI=1S/C16H25BrN2/c1-12(2)10-18-11-13-7-8-14(17)9-16(13)19(3)15-5-4-6-15/h7-9,12,15,18H,4-6,10-11H2,1-3H3. The molecule has 1 saturated carbocycles. The minimum absolute atomic E-state index is 0.697. The Hall–Kier alpha value is -0.540. The lowest BCUT2D eigenvalue weighted by Crippen LogP contribution is -2.38. The highest BCUT2D eigenvalue weighted by Crippen LogP contribution is 2.32. The third-order valence-electron chi connectivity index (χ3n) is 3.92. The molecule has 1 aliphatic carbocycles. The predicted octanol–water partition coefficient (Wildman–Crippen LogP) is 4.18. The van der Waals surface area contributed by atoms with E-state index in [4.69, 9.17) is 0 Å². The Bertz CT molecular complexity index is 413. The van der Waals surface area contributed by atoms with E-state index in [-0.39, 0.29) is 0 Å². The van der Waals surface area contributed by atoms with Crippen LogP contribution >= 0.6 is 15.9 Å². The second-order valence-corrected chi connectivity index (χ2v) is 6.91. The van der Waals surface area contributed by atoms with E-state index in [1.165, 1.54) is 35.0 Å². The Morgan fingerprint density at radius 3 is 2.68 bits per heavy atom. The minimum atomic E-state index is 0.697. The van der Waals surface area contributed by atoms with Crippen LogP contribution in [0.15, 0.2) is 22.7 Å². The zero-order chi connectivity index (χ0) is 13.8. The topological polar surface area (TPSA) is 15.3 Å². The van der Waals surface area contributed by atoms with Crippen molar-refractivity contribution >= 4 is 21.6 Å². The largest absolute Gasteiger partial charge is 0.371 e. The lowest BCUT2D eigenvalue weighted by molar-refractivity contribution is 0.400. The summed E-state index contributed by atoms with van der Waals surface area (Å²) in [7, 11) is 2.23. The summed E-state index contributed by atoms with van der Waals surface area (Å²) in [6.45, 7) is 6.52. The molecule has 0 atom stereocenters. The molecule has 0 amide bonds. The highest BCUT2D eigenvalue weighted by molar-refractivity contribution is 9.10. The van der Waals surface area contributed by atoms with Crippen molar-refractivity contribution in [3.63, 3.8) is 0 Å². The smallest absolute Gasteiger partial charge is 0.0423 e. The second-order valence-electron chi connectivity index (χ2n) is 5.99. The van der Waals surface area contributed by atoms with Gasteiger partial charge >= 0.3 is 0 Å². The predicted molar refractivity (Wildman–Crippen MR) is 86.7 cm³/mol. The quantitative estimate of drug-likeness (QED) is 0.844. The summed E-state index contributed by atoms with van der Waals surface area (Å²) in [5.74, 6) is 0.697. The molecule has 1 aromatic rings. The fraction of sp³-hybridized carbons (Fsp3) is 0.625. The van der Waals surface area contributed by atoms with Gasteiger partial charge in [0.15, 0.2) is 0 Å². The molecule has 106 valence electrons. The molecule has 0 aliphatic heterocycles.